The van der Waals surface area contributed by atoms with Crippen molar-refractivity contribution in [2.24, 2.45) is 0 Å². The van der Waals surface area contributed by atoms with Gasteiger partial charge in [0.2, 0.25) is 0 Å². The zero-order chi connectivity index (χ0) is 19.1. The first-order chi connectivity index (χ1) is 13.0. The lowest BCUT2D eigenvalue weighted by atomic mass is 9.87. The fourth-order valence-corrected chi connectivity index (χ4v) is 4.74. The number of fused-ring (bicyclic) bond motifs is 5. The van der Waals surface area contributed by atoms with Gasteiger partial charge in [-0.15, -0.1) is 0 Å². The summed E-state index contributed by atoms with van der Waals surface area (Å²) in [7, 11) is 3.48. The van der Waals surface area contributed by atoms with E-state index in [-0.39, 0.29) is 5.56 Å². The van der Waals surface area contributed by atoms with Crippen LogP contribution >= 0.6 is 0 Å². The van der Waals surface area contributed by atoms with Crippen LogP contribution in [0, 0.1) is 0 Å². The van der Waals surface area contributed by atoms with E-state index in [0.717, 1.165) is 28.2 Å². The Morgan fingerprint density at radius 1 is 1.07 bits per heavy atom. The van der Waals surface area contributed by atoms with Crippen LogP contribution in [0.15, 0.2) is 30.3 Å². The number of methoxy groups -OCH3 is 2. The second-order valence-corrected chi connectivity index (χ2v) is 7.45. The smallest absolute Gasteiger partial charge is 0.335 e. The first-order valence-electron chi connectivity index (χ1n) is 9.34. The number of rotatable bonds is 5. The molecule has 2 atom stereocenters. The van der Waals surface area contributed by atoms with Crippen molar-refractivity contribution >= 4 is 17.6 Å². The highest BCUT2D eigenvalue weighted by Crippen LogP contribution is 2.60. The largest absolute Gasteiger partial charge is 0.496 e. The van der Waals surface area contributed by atoms with Crippen molar-refractivity contribution in [1.29, 1.82) is 0 Å². The quantitative estimate of drug-likeness (QED) is 0.729. The van der Waals surface area contributed by atoms with Gasteiger partial charge in [-0.05, 0) is 67.4 Å². The summed E-state index contributed by atoms with van der Waals surface area (Å²) in [5.41, 5.74) is 6.03. The molecule has 0 saturated heterocycles. The molecule has 0 aliphatic heterocycles. The Kier molecular flexibility index (Phi) is 4.42. The average molecular weight is 364 g/mol. The molecule has 0 aromatic heterocycles. The minimum Gasteiger partial charge on any atom is -0.496 e. The normalized spacial score (nSPS) is 20.5. The molecule has 4 nitrogen and oxygen atoms in total. The first kappa shape index (κ1) is 17.7. The van der Waals surface area contributed by atoms with Crippen LogP contribution in [-0.2, 0) is 0 Å². The third-order valence-corrected chi connectivity index (χ3v) is 5.96. The second kappa shape index (κ2) is 6.76. The van der Waals surface area contributed by atoms with Gasteiger partial charge in [0, 0.05) is 16.7 Å². The van der Waals surface area contributed by atoms with Crippen molar-refractivity contribution in [2.45, 2.75) is 38.0 Å². The number of carbonyl (C=O) groups is 1. The molecular weight excluding hydrogens is 340 g/mol. The molecule has 1 N–H and O–H groups in total. The highest BCUT2D eigenvalue weighted by Gasteiger charge is 2.42. The van der Waals surface area contributed by atoms with Crippen molar-refractivity contribution in [1.82, 2.24) is 0 Å². The van der Waals surface area contributed by atoms with E-state index < -0.39 is 5.97 Å². The predicted molar refractivity (Wildman–Crippen MR) is 106 cm³/mol. The minimum atomic E-state index is -0.915. The lowest BCUT2D eigenvalue weighted by Gasteiger charge is -2.24. The number of carboxylic acid groups (broad SMARTS) is 1. The van der Waals surface area contributed by atoms with Crippen LogP contribution in [0.25, 0.3) is 11.6 Å². The summed E-state index contributed by atoms with van der Waals surface area (Å²) in [4.78, 5) is 11.0. The molecule has 1 fully saturated rings. The molecule has 2 aromatic carbocycles. The summed E-state index contributed by atoms with van der Waals surface area (Å²) in [5, 5.41) is 9.06. The molecule has 0 spiro atoms. The lowest BCUT2D eigenvalue weighted by molar-refractivity contribution is 0.0697. The van der Waals surface area contributed by atoms with E-state index in [2.05, 4.69) is 19.1 Å². The van der Waals surface area contributed by atoms with Crippen LogP contribution in [0.4, 0.5) is 0 Å². The molecule has 0 heterocycles. The lowest BCUT2D eigenvalue weighted by Crippen LogP contribution is -2.06. The van der Waals surface area contributed by atoms with Crippen LogP contribution in [-0.4, -0.2) is 25.3 Å². The molecule has 140 valence electrons. The summed E-state index contributed by atoms with van der Waals surface area (Å²) >= 11 is 0. The summed E-state index contributed by atoms with van der Waals surface area (Å²) in [6, 6.07) is 9.00. The second-order valence-electron chi connectivity index (χ2n) is 7.45. The molecule has 4 rings (SSSR count). The maximum absolute atomic E-state index is 11.0. The Balaban J connectivity index is 1.79. The van der Waals surface area contributed by atoms with Gasteiger partial charge in [0.15, 0.2) is 0 Å². The van der Waals surface area contributed by atoms with Gasteiger partial charge < -0.3 is 14.6 Å². The van der Waals surface area contributed by atoms with Crippen molar-refractivity contribution in [3.8, 4) is 11.5 Å². The Morgan fingerprint density at radius 3 is 2.33 bits per heavy atom. The van der Waals surface area contributed by atoms with Gasteiger partial charge in [0.05, 0.1) is 19.8 Å². The van der Waals surface area contributed by atoms with Crippen molar-refractivity contribution in [3.05, 3.63) is 58.1 Å². The van der Waals surface area contributed by atoms with E-state index in [0.29, 0.717) is 11.8 Å². The number of hydrogen-bond acceptors (Lipinski definition) is 3. The SMILES string of the molecule is COc1cc(C(C)=Cc2ccc(C(=O)O)cc2)c(OC)c2c1C1CCC2C1. The van der Waals surface area contributed by atoms with Crippen molar-refractivity contribution < 1.29 is 19.4 Å². The first-order valence-corrected chi connectivity index (χ1v) is 9.34. The van der Waals surface area contributed by atoms with Gasteiger partial charge in [0.25, 0.3) is 0 Å². The highest BCUT2D eigenvalue weighted by atomic mass is 16.5. The van der Waals surface area contributed by atoms with Gasteiger partial charge in [0.1, 0.15) is 11.5 Å². The van der Waals surface area contributed by atoms with Crippen LogP contribution in [0.3, 0.4) is 0 Å². The van der Waals surface area contributed by atoms with Crippen LogP contribution < -0.4 is 9.47 Å². The van der Waals surface area contributed by atoms with Gasteiger partial charge in [-0.2, -0.15) is 0 Å². The third kappa shape index (κ3) is 2.89. The predicted octanol–water partition coefficient (Wildman–Crippen LogP) is 5.33. The number of benzene rings is 2. The molecular formula is C23H24O4. The fourth-order valence-electron chi connectivity index (χ4n) is 4.74. The molecule has 4 heteroatoms. The van der Waals surface area contributed by atoms with E-state index >= 15 is 0 Å². The average Bonchev–Trinajstić information content (AvgIpc) is 3.29. The Bertz CT molecular complexity index is 924. The number of ether oxygens (including phenoxy) is 2. The van der Waals surface area contributed by atoms with Crippen molar-refractivity contribution in [2.75, 3.05) is 14.2 Å². The fraction of sp³-hybridized carbons (Fsp3) is 0.348. The maximum atomic E-state index is 11.0. The zero-order valence-electron chi connectivity index (χ0n) is 15.9. The molecule has 2 aliphatic carbocycles. The Labute approximate surface area is 159 Å². The molecule has 27 heavy (non-hydrogen) atoms. The van der Waals surface area contributed by atoms with E-state index in [1.54, 1.807) is 26.4 Å². The molecule has 2 bridgehead atoms. The summed E-state index contributed by atoms with van der Waals surface area (Å²) in [5.74, 6) is 2.17. The van der Waals surface area contributed by atoms with Gasteiger partial charge >= 0.3 is 5.97 Å². The molecule has 0 radical (unpaired) electrons. The Hall–Kier alpha value is -2.75. The number of allylic oxidation sites excluding steroid dienone is 1. The van der Waals surface area contributed by atoms with Gasteiger partial charge in [-0.25, -0.2) is 4.79 Å². The summed E-state index contributed by atoms with van der Waals surface area (Å²) in [6.07, 6.45) is 5.72. The number of carboxylic acids is 1. The third-order valence-electron chi connectivity index (χ3n) is 5.96. The van der Waals surface area contributed by atoms with Gasteiger partial charge in [-0.1, -0.05) is 18.2 Å². The molecule has 2 aliphatic rings. The molecule has 2 unspecified atom stereocenters. The highest BCUT2D eigenvalue weighted by molar-refractivity contribution is 5.89. The number of aromatic carboxylic acids is 1. The number of hydrogen-bond donors (Lipinski definition) is 1. The van der Waals surface area contributed by atoms with Crippen molar-refractivity contribution in [3.63, 3.8) is 0 Å². The summed E-state index contributed by atoms with van der Waals surface area (Å²) < 4.78 is 11.6. The van der Waals surface area contributed by atoms with E-state index in [1.807, 2.05) is 12.1 Å². The van der Waals surface area contributed by atoms with E-state index in [9.17, 15) is 4.79 Å². The van der Waals surface area contributed by atoms with E-state index in [4.69, 9.17) is 14.6 Å². The monoisotopic (exact) mass is 364 g/mol. The standard InChI is InChI=1S/C23H24O4/c1-13(10-14-4-6-15(7-5-14)23(24)25)18-12-19(26-2)20-16-8-9-17(11-16)21(20)22(18)27-3/h4-7,10,12,16-17H,8-9,11H2,1-3H3,(H,24,25). The molecule has 1 saturated carbocycles. The molecule has 2 aromatic rings. The van der Waals surface area contributed by atoms with E-state index in [1.165, 1.54) is 30.4 Å². The van der Waals surface area contributed by atoms with Crippen LogP contribution in [0.5, 0.6) is 11.5 Å². The van der Waals surface area contributed by atoms with Crippen LogP contribution in [0.1, 0.15) is 70.6 Å². The minimum absolute atomic E-state index is 0.289. The molecule has 0 amide bonds. The summed E-state index contributed by atoms with van der Waals surface area (Å²) in [6.45, 7) is 2.06. The van der Waals surface area contributed by atoms with Gasteiger partial charge in [-0.3, -0.25) is 0 Å². The maximum Gasteiger partial charge on any atom is 0.335 e. The Morgan fingerprint density at radius 2 is 1.74 bits per heavy atom. The topological polar surface area (TPSA) is 55.8 Å². The zero-order valence-corrected chi connectivity index (χ0v) is 15.9. The van der Waals surface area contributed by atoms with Crippen LogP contribution in [0.2, 0.25) is 0 Å².